The van der Waals surface area contributed by atoms with Crippen LogP contribution in [0.2, 0.25) is 0 Å². The maximum Gasteiger partial charge on any atom is 0.326 e. The highest BCUT2D eigenvalue weighted by molar-refractivity contribution is 6.12. The van der Waals surface area contributed by atoms with Crippen LogP contribution < -0.4 is 15.5 Å². The van der Waals surface area contributed by atoms with Gasteiger partial charge in [-0.1, -0.05) is 60.7 Å². The fourth-order valence-corrected chi connectivity index (χ4v) is 3.84. The third-order valence-corrected chi connectivity index (χ3v) is 5.49. The first-order valence-corrected chi connectivity index (χ1v) is 10.2. The first kappa shape index (κ1) is 21.1. The van der Waals surface area contributed by atoms with Crippen molar-refractivity contribution in [3.8, 4) is 0 Å². The van der Waals surface area contributed by atoms with Gasteiger partial charge in [0, 0.05) is 25.5 Å². The van der Waals surface area contributed by atoms with E-state index in [1.807, 2.05) is 67.5 Å². The van der Waals surface area contributed by atoms with E-state index in [0.29, 0.717) is 16.8 Å². The lowest BCUT2D eigenvalue weighted by Gasteiger charge is -2.28. The molecule has 0 atom stereocenters. The number of carbonyl (C=O) groups excluding carboxylic acids is 3. The van der Waals surface area contributed by atoms with Crippen LogP contribution in [0.4, 0.5) is 16.2 Å². The van der Waals surface area contributed by atoms with E-state index in [0.717, 1.165) is 10.6 Å². The van der Waals surface area contributed by atoms with Crippen molar-refractivity contribution in [2.75, 3.05) is 30.9 Å². The second-order valence-corrected chi connectivity index (χ2v) is 7.79. The van der Waals surface area contributed by atoms with Crippen LogP contribution in [0.25, 0.3) is 0 Å². The van der Waals surface area contributed by atoms with Crippen LogP contribution in [0.5, 0.6) is 0 Å². The van der Waals surface area contributed by atoms with Gasteiger partial charge in [0.25, 0.3) is 5.91 Å². The molecule has 1 aliphatic rings. The maximum atomic E-state index is 13.6. The molecule has 1 saturated heterocycles. The van der Waals surface area contributed by atoms with Gasteiger partial charge in [0.1, 0.15) is 6.54 Å². The van der Waals surface area contributed by atoms with Gasteiger partial charge in [-0.2, -0.15) is 0 Å². The Labute approximate surface area is 186 Å². The van der Waals surface area contributed by atoms with Crippen LogP contribution >= 0.6 is 0 Å². The van der Waals surface area contributed by atoms with Gasteiger partial charge in [0.2, 0.25) is 5.91 Å². The Bertz CT molecular complexity index is 1090. The molecule has 4 amide bonds. The zero-order chi connectivity index (χ0) is 22.7. The number of nitrogens with one attached hydrogen (secondary N) is 2. The molecule has 0 aromatic heterocycles. The summed E-state index contributed by atoms with van der Waals surface area (Å²) in [6.07, 6.45) is 0. The van der Waals surface area contributed by atoms with E-state index in [1.165, 1.54) is 0 Å². The van der Waals surface area contributed by atoms with Gasteiger partial charge in [0.15, 0.2) is 5.54 Å². The van der Waals surface area contributed by atoms with E-state index in [1.54, 1.807) is 36.4 Å². The van der Waals surface area contributed by atoms with Gasteiger partial charge in [-0.05, 0) is 35.4 Å². The van der Waals surface area contributed by atoms with Crippen LogP contribution in [0.15, 0.2) is 84.9 Å². The average Bonchev–Trinajstić information content (AvgIpc) is 3.06. The predicted molar refractivity (Wildman–Crippen MR) is 123 cm³/mol. The van der Waals surface area contributed by atoms with Gasteiger partial charge >= 0.3 is 6.03 Å². The smallest absolute Gasteiger partial charge is 0.326 e. The highest BCUT2D eigenvalue weighted by Gasteiger charge is 2.54. The molecule has 2 N–H and O–H groups in total. The van der Waals surface area contributed by atoms with Gasteiger partial charge in [-0.25, -0.2) is 4.79 Å². The quantitative estimate of drug-likeness (QED) is 0.591. The molecule has 0 bridgehead atoms. The van der Waals surface area contributed by atoms with Gasteiger partial charge in [-0.15, -0.1) is 0 Å². The van der Waals surface area contributed by atoms with Crippen molar-refractivity contribution >= 4 is 29.2 Å². The first-order valence-electron chi connectivity index (χ1n) is 10.2. The van der Waals surface area contributed by atoms with Gasteiger partial charge in [-0.3, -0.25) is 14.5 Å². The second kappa shape index (κ2) is 8.55. The number of rotatable bonds is 6. The van der Waals surface area contributed by atoms with Crippen molar-refractivity contribution in [2.24, 2.45) is 0 Å². The molecule has 1 fully saturated rings. The van der Waals surface area contributed by atoms with Crippen LogP contribution in [-0.2, 0) is 15.1 Å². The minimum absolute atomic E-state index is 0.387. The third kappa shape index (κ3) is 3.80. The highest BCUT2D eigenvalue weighted by Crippen LogP contribution is 2.35. The topological polar surface area (TPSA) is 81.8 Å². The molecule has 0 saturated carbocycles. The van der Waals surface area contributed by atoms with E-state index >= 15 is 0 Å². The summed E-state index contributed by atoms with van der Waals surface area (Å²) in [6, 6.07) is 24.8. The largest absolute Gasteiger partial charge is 0.378 e. The number of carbonyl (C=O) groups is 3. The third-order valence-electron chi connectivity index (χ3n) is 5.49. The zero-order valence-electron chi connectivity index (χ0n) is 17.9. The Kier molecular flexibility index (Phi) is 5.64. The monoisotopic (exact) mass is 428 g/mol. The lowest BCUT2D eigenvalue weighted by Crippen LogP contribution is -2.45. The molecule has 1 heterocycles. The summed E-state index contributed by atoms with van der Waals surface area (Å²) in [5.74, 6) is -0.943. The zero-order valence-corrected chi connectivity index (χ0v) is 17.9. The second-order valence-electron chi connectivity index (χ2n) is 7.79. The van der Waals surface area contributed by atoms with Crippen LogP contribution in [0.3, 0.4) is 0 Å². The van der Waals surface area contributed by atoms with E-state index < -0.39 is 23.4 Å². The molecule has 1 aliphatic heterocycles. The van der Waals surface area contributed by atoms with Crippen molar-refractivity contribution in [1.82, 2.24) is 10.2 Å². The van der Waals surface area contributed by atoms with Crippen molar-refractivity contribution in [2.45, 2.75) is 5.54 Å². The van der Waals surface area contributed by atoms with Crippen molar-refractivity contribution in [1.29, 1.82) is 0 Å². The van der Waals surface area contributed by atoms with Crippen molar-refractivity contribution in [3.63, 3.8) is 0 Å². The molecule has 162 valence electrons. The minimum atomic E-state index is -1.38. The number of hydrogen-bond acceptors (Lipinski definition) is 4. The van der Waals surface area contributed by atoms with Crippen molar-refractivity contribution < 1.29 is 14.4 Å². The number of imide groups is 1. The minimum Gasteiger partial charge on any atom is -0.378 e. The number of anilines is 2. The molecule has 0 radical (unpaired) electrons. The van der Waals surface area contributed by atoms with E-state index in [4.69, 9.17) is 0 Å². The first-order chi connectivity index (χ1) is 15.4. The Morgan fingerprint density at radius 3 is 1.91 bits per heavy atom. The Balaban J connectivity index is 1.59. The maximum absolute atomic E-state index is 13.6. The lowest BCUT2D eigenvalue weighted by molar-refractivity contribution is -0.133. The molecular formula is C25H24N4O3. The summed E-state index contributed by atoms with van der Waals surface area (Å²) in [6.45, 7) is -0.387. The molecule has 0 aliphatic carbocycles. The molecule has 3 aromatic carbocycles. The van der Waals surface area contributed by atoms with E-state index in [2.05, 4.69) is 10.6 Å². The Morgan fingerprint density at radius 1 is 0.875 bits per heavy atom. The van der Waals surface area contributed by atoms with Gasteiger partial charge in [0.05, 0.1) is 0 Å². The summed E-state index contributed by atoms with van der Waals surface area (Å²) in [5, 5.41) is 5.59. The SMILES string of the molecule is CN(C)c1ccc(NC(=O)CN2C(=O)NC(c3ccccc3)(c3ccccc3)C2=O)cc1. The highest BCUT2D eigenvalue weighted by atomic mass is 16.2. The lowest BCUT2D eigenvalue weighted by atomic mass is 9.82. The van der Waals surface area contributed by atoms with E-state index in [9.17, 15) is 14.4 Å². The predicted octanol–water partition coefficient (Wildman–Crippen LogP) is 3.19. The fraction of sp³-hybridized carbons (Fsp3) is 0.160. The molecule has 0 spiro atoms. The summed E-state index contributed by atoms with van der Waals surface area (Å²) in [4.78, 5) is 42.0. The molecule has 4 rings (SSSR count). The molecule has 0 unspecified atom stereocenters. The van der Waals surface area contributed by atoms with Gasteiger partial charge < -0.3 is 15.5 Å². The summed E-state index contributed by atoms with van der Waals surface area (Å²) in [5.41, 5.74) is 1.46. The van der Waals surface area contributed by atoms with Crippen molar-refractivity contribution in [3.05, 3.63) is 96.1 Å². The number of benzene rings is 3. The Morgan fingerprint density at radius 2 is 1.41 bits per heavy atom. The summed E-state index contributed by atoms with van der Waals surface area (Å²) < 4.78 is 0. The standard InChI is InChI=1S/C25H24N4O3/c1-28(2)21-15-13-20(14-16-21)26-22(30)17-29-23(31)25(27-24(29)32,18-9-5-3-6-10-18)19-11-7-4-8-12-19/h3-16H,17H2,1-2H3,(H,26,30)(H,27,32). The van der Waals surface area contributed by atoms with Crippen LogP contribution in [0.1, 0.15) is 11.1 Å². The normalized spacial score (nSPS) is 14.8. The number of nitrogens with zero attached hydrogens (tertiary/aromatic N) is 2. The molecule has 3 aromatic rings. The molecule has 7 nitrogen and oxygen atoms in total. The average molecular weight is 428 g/mol. The molecule has 7 heteroatoms. The fourth-order valence-electron chi connectivity index (χ4n) is 3.84. The summed E-state index contributed by atoms with van der Waals surface area (Å²) in [7, 11) is 3.85. The number of amides is 4. The Hall–Kier alpha value is -4.13. The number of urea groups is 1. The molecule has 32 heavy (non-hydrogen) atoms. The van der Waals surface area contributed by atoms with Crippen LogP contribution in [-0.4, -0.2) is 43.4 Å². The number of hydrogen-bond donors (Lipinski definition) is 2. The van der Waals surface area contributed by atoms with Crippen LogP contribution in [0, 0.1) is 0 Å². The van der Waals surface area contributed by atoms with E-state index in [-0.39, 0.29) is 6.54 Å². The summed E-state index contributed by atoms with van der Waals surface area (Å²) >= 11 is 0. The molecular weight excluding hydrogens is 404 g/mol.